The Kier molecular flexibility index (Phi) is 876. The van der Waals surface area contributed by atoms with Crippen molar-refractivity contribution in [3.8, 4) is 0 Å². The zero-order chi connectivity index (χ0) is 8.00. The van der Waals surface area contributed by atoms with E-state index in [-0.39, 0.29) is 0 Å². The maximum Gasteiger partial charge on any atom is 0.0319 e. The van der Waals surface area contributed by atoms with Gasteiger partial charge in [-0.15, -0.1) is 0 Å². The van der Waals surface area contributed by atoms with Crippen LogP contribution in [0, 0.1) is 0 Å². The predicted molar refractivity (Wildman–Crippen MR) is 32.6 cm³/mol. The van der Waals surface area contributed by atoms with E-state index in [1.54, 1.807) is 0 Å². The minimum atomic E-state index is 0. The molecule has 0 aromatic heterocycles. The van der Waals surface area contributed by atoms with Crippen LogP contribution in [0.5, 0.6) is 0 Å². The van der Waals surface area contributed by atoms with Crippen LogP contribution in [0.4, 0.5) is 0 Å². The fourth-order valence-electron chi connectivity index (χ4n) is 0. The van der Waals surface area contributed by atoms with Gasteiger partial charge in [-0.3, -0.25) is 0 Å². The quantitative estimate of drug-likeness (QED) is 0.400. The standard InChI is InChI=1S/4CH4O.Rf/c4*1-2;/h4*2H,1H3;. The van der Waals surface area contributed by atoms with Crippen LogP contribution in [-0.4, -0.2) is 48.9 Å². The molecule has 0 saturated carbocycles. The van der Waals surface area contributed by atoms with Crippen molar-refractivity contribution < 1.29 is 20.4 Å². The normalized spacial score (nSPS) is 2.67. The molecule has 0 aliphatic heterocycles. The van der Waals surface area contributed by atoms with Crippen LogP contribution in [0.2, 0.25) is 0 Å². The van der Waals surface area contributed by atoms with E-state index in [9.17, 15) is 0 Å². The number of rotatable bonds is 0. The van der Waals surface area contributed by atoms with Gasteiger partial charge in [0.25, 0.3) is 0 Å². The van der Waals surface area contributed by atoms with Gasteiger partial charge >= 0.3 is 0 Å². The molecule has 5 heteroatoms. The Balaban J connectivity index is -0.00000000762. The van der Waals surface area contributed by atoms with Crippen molar-refractivity contribution in [2.45, 2.75) is 0 Å². The maximum atomic E-state index is 7.00. The van der Waals surface area contributed by atoms with Gasteiger partial charge < -0.3 is 20.4 Å². The molecule has 0 aromatic carbocycles. The van der Waals surface area contributed by atoms with Gasteiger partial charge in [-0.25, -0.2) is 0 Å². The molecular formula is C4H16O4Rf. The Morgan fingerprint density at radius 3 is 0.444 bits per heavy atom. The van der Waals surface area contributed by atoms with E-state index in [2.05, 4.69) is 0 Å². The zero-order valence-corrected chi connectivity index (χ0v) is 12.9. The maximum absolute atomic E-state index is 7.00. The third-order valence-corrected chi connectivity index (χ3v) is 0. The Labute approximate surface area is 50.0 Å². The van der Waals surface area contributed by atoms with E-state index < -0.39 is 0 Å². The average molecular weight is 395 g/mol. The molecule has 0 bridgehead atoms. The Hall–Kier alpha value is -1.16. The van der Waals surface area contributed by atoms with Crippen LogP contribution < -0.4 is 0 Å². The fraction of sp³-hybridized carbons (Fsp3) is 1.00. The smallest absolute Gasteiger partial charge is 0.0319 e. The monoisotopic (exact) mass is 395 g/mol. The van der Waals surface area contributed by atoms with Crippen molar-refractivity contribution in [1.29, 1.82) is 0 Å². The summed E-state index contributed by atoms with van der Waals surface area (Å²) in [5, 5.41) is 28.0. The average Bonchev–Trinajstić information content (AvgIpc) is 2.03. The number of aliphatic hydroxyl groups is 4. The predicted octanol–water partition coefficient (Wildman–Crippen LogP) is -1.57. The van der Waals surface area contributed by atoms with Gasteiger partial charge in [-0.1, -0.05) is 0 Å². The second-order valence-corrected chi connectivity index (χ2v) is 0. The van der Waals surface area contributed by atoms with E-state index in [1.807, 2.05) is 0 Å². The van der Waals surface area contributed by atoms with Crippen LogP contribution in [0.25, 0.3) is 0 Å². The molecule has 0 atom stereocenters. The first-order valence-electron chi connectivity index (χ1n) is 1.79. The van der Waals surface area contributed by atoms with Crippen LogP contribution in [-0.2, 0) is 0 Å². The topological polar surface area (TPSA) is 80.9 Å². The zero-order valence-electron chi connectivity index (χ0n) is 6.50. The summed E-state index contributed by atoms with van der Waals surface area (Å²) in [4.78, 5) is 0. The van der Waals surface area contributed by atoms with E-state index in [1.165, 1.54) is 0 Å². The molecule has 58 valence electrons. The third kappa shape index (κ3) is 119. The molecule has 0 aliphatic carbocycles. The molecule has 0 aromatic rings. The van der Waals surface area contributed by atoms with E-state index in [0.29, 0.717) is 0 Å². The van der Waals surface area contributed by atoms with Crippen molar-refractivity contribution in [3.63, 3.8) is 0 Å². The summed E-state index contributed by atoms with van der Waals surface area (Å²) >= 11 is 0. The summed E-state index contributed by atoms with van der Waals surface area (Å²) in [6.45, 7) is 0. The number of hydrogen-bond donors (Lipinski definition) is 4. The van der Waals surface area contributed by atoms with Gasteiger partial charge in [0.2, 0.25) is 0 Å². The van der Waals surface area contributed by atoms with Crippen molar-refractivity contribution in [1.82, 2.24) is 0 Å². The van der Waals surface area contributed by atoms with Crippen molar-refractivity contribution in [2.75, 3.05) is 28.4 Å². The van der Waals surface area contributed by atoms with E-state index >= 15 is 0 Å². The van der Waals surface area contributed by atoms with E-state index in [4.69, 9.17) is 20.4 Å². The van der Waals surface area contributed by atoms with Crippen molar-refractivity contribution in [2.24, 2.45) is 0 Å². The van der Waals surface area contributed by atoms with Gasteiger partial charge in [0.05, 0.1) is 0 Å². The van der Waals surface area contributed by atoms with Crippen LogP contribution in [0.1, 0.15) is 0 Å². The molecule has 0 amide bonds. The molecule has 4 N–H and O–H groups in total. The Bertz CT molecular complexity index is 12.5. The molecule has 0 heterocycles. The van der Waals surface area contributed by atoms with Gasteiger partial charge in [-0.05, 0) is 0 Å². The van der Waals surface area contributed by atoms with Gasteiger partial charge in [-0.2, -0.15) is 0 Å². The summed E-state index contributed by atoms with van der Waals surface area (Å²) in [6.07, 6.45) is 0. The molecule has 0 fully saturated rings. The summed E-state index contributed by atoms with van der Waals surface area (Å²) < 4.78 is 0. The van der Waals surface area contributed by atoms with E-state index in [0.717, 1.165) is 28.4 Å². The van der Waals surface area contributed by atoms with Crippen LogP contribution in [0.3, 0.4) is 0 Å². The van der Waals surface area contributed by atoms with Gasteiger partial charge in [0.1, 0.15) is 0 Å². The minimum Gasteiger partial charge on any atom is -0.400 e. The summed E-state index contributed by atoms with van der Waals surface area (Å²) in [5.74, 6) is 0. The van der Waals surface area contributed by atoms with Gasteiger partial charge in [0, 0.05) is 28.4 Å². The summed E-state index contributed by atoms with van der Waals surface area (Å²) in [7, 11) is 4.00. The molecule has 0 rings (SSSR count). The second-order valence-electron chi connectivity index (χ2n) is 0. The van der Waals surface area contributed by atoms with Gasteiger partial charge in [0.15, 0.2) is 0 Å². The first-order chi connectivity index (χ1) is 4.00. The first kappa shape index (κ1) is 45.5. The van der Waals surface area contributed by atoms with Crippen molar-refractivity contribution in [3.05, 3.63) is 0 Å². The molecular weight excluding hydrogens is 379 g/mol. The Morgan fingerprint density at radius 1 is 0.444 bits per heavy atom. The first-order valence-corrected chi connectivity index (χ1v) is 1.79. The molecule has 0 radical (unpaired) electrons. The molecule has 0 aliphatic rings. The largest absolute Gasteiger partial charge is 0.400 e. The number of aliphatic hydroxyl groups excluding tert-OH is 4. The molecule has 9 heavy (non-hydrogen) atoms. The molecule has 0 saturated heterocycles. The van der Waals surface area contributed by atoms with Crippen LogP contribution in [0.15, 0.2) is 0 Å². The molecule has 0 unspecified atom stereocenters. The Morgan fingerprint density at radius 2 is 0.444 bits per heavy atom. The summed E-state index contributed by atoms with van der Waals surface area (Å²) in [5.41, 5.74) is 0. The van der Waals surface area contributed by atoms with Crippen LogP contribution >= 0.6 is 0 Å². The number of hydrogen-bond acceptors (Lipinski definition) is 4. The third-order valence-electron chi connectivity index (χ3n) is 0. The second kappa shape index (κ2) is 173. The fourth-order valence-corrected chi connectivity index (χ4v) is 0. The minimum absolute atomic E-state index is 0. The van der Waals surface area contributed by atoms with Crippen molar-refractivity contribution >= 4 is 0 Å². The SMILES string of the molecule is CO.CO.CO.CO.[Rf]. The summed E-state index contributed by atoms with van der Waals surface area (Å²) in [6, 6.07) is 0. The molecule has 0 spiro atoms. The molecule has 4 nitrogen and oxygen atoms in total.